The number of hydrogen-bond acceptors (Lipinski definition) is 6. The predicted octanol–water partition coefficient (Wildman–Crippen LogP) is 3.37. The Morgan fingerprint density at radius 2 is 1.93 bits per heavy atom. The van der Waals surface area contributed by atoms with Crippen molar-refractivity contribution in [3.05, 3.63) is 47.8 Å². The van der Waals surface area contributed by atoms with Crippen molar-refractivity contribution in [2.75, 3.05) is 7.11 Å². The molecule has 0 spiro atoms. The molecule has 3 aromatic rings. The fraction of sp³-hybridized carbons (Fsp3) is 0.368. The van der Waals surface area contributed by atoms with Gasteiger partial charge in [-0.25, -0.2) is 4.98 Å². The first-order valence-electron chi connectivity index (χ1n) is 8.68. The number of benzene rings is 1. The Labute approximate surface area is 158 Å². The molecule has 0 saturated carbocycles. The highest BCUT2D eigenvalue weighted by atomic mass is 16.6. The lowest BCUT2D eigenvalue weighted by atomic mass is 9.87. The minimum absolute atomic E-state index is 0.108. The first-order valence-corrected chi connectivity index (χ1v) is 8.68. The van der Waals surface area contributed by atoms with E-state index in [9.17, 15) is 0 Å². The summed E-state index contributed by atoms with van der Waals surface area (Å²) in [5, 5.41) is 4.36. The summed E-state index contributed by atoms with van der Waals surface area (Å²) in [6, 6.07) is 10.0. The second kappa shape index (κ2) is 7.71. The third kappa shape index (κ3) is 4.40. The van der Waals surface area contributed by atoms with E-state index in [2.05, 4.69) is 58.4 Å². The molecule has 0 aliphatic rings. The predicted molar refractivity (Wildman–Crippen MR) is 103 cm³/mol. The maximum atomic E-state index is 6.10. The van der Waals surface area contributed by atoms with Gasteiger partial charge in [0.15, 0.2) is 0 Å². The molecular weight excluding hydrogens is 344 g/mol. The Morgan fingerprint density at radius 1 is 1.19 bits per heavy atom. The van der Waals surface area contributed by atoms with Gasteiger partial charge in [0.1, 0.15) is 18.2 Å². The smallest absolute Gasteiger partial charge is 0.272 e. The Balaban J connectivity index is 1.82. The zero-order valence-electron chi connectivity index (χ0n) is 16.2. The molecule has 1 aromatic carbocycles. The Hall–Kier alpha value is -3.00. The molecular formula is C19H24N6O2. The van der Waals surface area contributed by atoms with E-state index in [1.54, 1.807) is 10.7 Å². The minimum atomic E-state index is -0.244. The van der Waals surface area contributed by atoms with Gasteiger partial charge < -0.3 is 4.74 Å². The standard InChI is InChI=1S/C19H24N6O2/c1-13(27-15-8-6-14(7-9-15)19(2,3)4)16-10-11-20-18-23-17(24-25(16)18)21-12-22-26-5/h6-13H,1-5H3,(H,21,22,24)/t13-/m0/s1. The topological polar surface area (TPSA) is 85.9 Å². The van der Waals surface area contributed by atoms with E-state index in [1.165, 1.54) is 19.0 Å². The van der Waals surface area contributed by atoms with Crippen molar-refractivity contribution >= 4 is 18.1 Å². The lowest BCUT2D eigenvalue weighted by molar-refractivity contribution is 0.148. The van der Waals surface area contributed by atoms with Crippen molar-refractivity contribution in [3.8, 4) is 5.75 Å². The molecule has 0 radical (unpaired) electrons. The number of fused-ring (bicyclic) bond motifs is 1. The van der Waals surface area contributed by atoms with Gasteiger partial charge in [-0.1, -0.05) is 32.9 Å². The number of ether oxygens (including phenoxy) is 1. The second-order valence-corrected chi connectivity index (χ2v) is 7.11. The van der Waals surface area contributed by atoms with Gasteiger partial charge in [0, 0.05) is 6.20 Å². The van der Waals surface area contributed by atoms with E-state index < -0.39 is 0 Å². The molecule has 0 bridgehead atoms. The van der Waals surface area contributed by atoms with Gasteiger partial charge in [-0.2, -0.15) is 14.5 Å². The van der Waals surface area contributed by atoms with Gasteiger partial charge >= 0.3 is 0 Å². The first kappa shape index (κ1) is 18.8. The van der Waals surface area contributed by atoms with E-state index in [4.69, 9.17) is 9.57 Å². The van der Waals surface area contributed by atoms with Crippen molar-refractivity contribution < 1.29 is 9.57 Å². The van der Waals surface area contributed by atoms with Gasteiger partial charge in [0.2, 0.25) is 0 Å². The summed E-state index contributed by atoms with van der Waals surface area (Å²) in [7, 11) is 1.50. The van der Waals surface area contributed by atoms with Crippen LogP contribution in [0, 0.1) is 0 Å². The monoisotopic (exact) mass is 368 g/mol. The van der Waals surface area contributed by atoms with Gasteiger partial charge in [0.05, 0.1) is 12.8 Å². The molecule has 142 valence electrons. The fourth-order valence-electron chi connectivity index (χ4n) is 2.60. The molecule has 8 nitrogen and oxygen atoms in total. The van der Waals surface area contributed by atoms with Crippen molar-refractivity contribution in [1.82, 2.24) is 25.1 Å². The van der Waals surface area contributed by atoms with Crippen LogP contribution in [0.15, 0.2) is 41.5 Å². The van der Waals surface area contributed by atoms with E-state index in [0.717, 1.165) is 11.4 Å². The maximum Gasteiger partial charge on any atom is 0.272 e. The number of nitrogens with zero attached hydrogens (tertiary/aromatic N) is 5. The highest BCUT2D eigenvalue weighted by Crippen LogP contribution is 2.27. The molecule has 2 aromatic heterocycles. The summed E-state index contributed by atoms with van der Waals surface area (Å²) in [4.78, 5) is 17.3. The molecule has 3 rings (SSSR count). The van der Waals surface area contributed by atoms with Gasteiger partial charge in [0.25, 0.3) is 11.7 Å². The van der Waals surface area contributed by atoms with Crippen LogP contribution in [0.1, 0.15) is 45.1 Å². The highest BCUT2D eigenvalue weighted by molar-refractivity contribution is 5.57. The van der Waals surface area contributed by atoms with Crippen molar-refractivity contribution in [2.45, 2.75) is 39.2 Å². The van der Waals surface area contributed by atoms with Crippen molar-refractivity contribution in [2.24, 2.45) is 4.99 Å². The van der Waals surface area contributed by atoms with E-state index in [1.807, 2.05) is 25.1 Å². The SMILES string of the molecule is CONC=Nc1nc2nccc([C@H](C)Oc3ccc(C(C)(C)C)cc3)n2n1. The Kier molecular flexibility index (Phi) is 5.36. The lowest BCUT2D eigenvalue weighted by Crippen LogP contribution is -2.12. The molecule has 0 amide bonds. The normalized spacial score (nSPS) is 13.2. The van der Waals surface area contributed by atoms with E-state index >= 15 is 0 Å². The van der Waals surface area contributed by atoms with E-state index in [0.29, 0.717) is 5.78 Å². The van der Waals surface area contributed by atoms with Crippen LogP contribution >= 0.6 is 0 Å². The fourth-order valence-corrected chi connectivity index (χ4v) is 2.60. The molecule has 0 unspecified atom stereocenters. The number of nitrogens with one attached hydrogen (secondary N) is 1. The maximum absolute atomic E-state index is 6.10. The van der Waals surface area contributed by atoms with Crippen LogP contribution in [-0.2, 0) is 10.3 Å². The van der Waals surface area contributed by atoms with E-state index in [-0.39, 0.29) is 17.5 Å². The van der Waals surface area contributed by atoms with Crippen LogP contribution in [0.4, 0.5) is 5.95 Å². The lowest BCUT2D eigenvalue weighted by Gasteiger charge is -2.20. The van der Waals surface area contributed by atoms with Crippen LogP contribution in [0.5, 0.6) is 5.75 Å². The zero-order valence-corrected chi connectivity index (χ0v) is 16.2. The number of aliphatic imine (C=N–C) groups is 1. The third-order valence-corrected chi connectivity index (χ3v) is 4.06. The molecule has 0 fully saturated rings. The summed E-state index contributed by atoms with van der Waals surface area (Å²) >= 11 is 0. The molecule has 8 heteroatoms. The van der Waals surface area contributed by atoms with Crippen LogP contribution in [0.25, 0.3) is 5.78 Å². The quantitative estimate of drug-likeness (QED) is 0.408. The van der Waals surface area contributed by atoms with Crippen molar-refractivity contribution in [1.29, 1.82) is 0 Å². The molecule has 1 atom stereocenters. The summed E-state index contributed by atoms with van der Waals surface area (Å²) < 4.78 is 7.73. The molecule has 2 heterocycles. The van der Waals surface area contributed by atoms with Crippen LogP contribution in [0.3, 0.4) is 0 Å². The van der Waals surface area contributed by atoms with Crippen LogP contribution in [0.2, 0.25) is 0 Å². The molecule has 0 aliphatic heterocycles. The average Bonchev–Trinajstić information content (AvgIpc) is 3.04. The summed E-state index contributed by atoms with van der Waals surface area (Å²) in [5.74, 6) is 1.53. The Morgan fingerprint density at radius 3 is 2.59 bits per heavy atom. The third-order valence-electron chi connectivity index (χ3n) is 4.06. The van der Waals surface area contributed by atoms with Gasteiger partial charge in [-0.15, -0.1) is 5.10 Å². The number of hydroxylamine groups is 1. The first-order chi connectivity index (χ1) is 12.9. The number of rotatable bonds is 6. The van der Waals surface area contributed by atoms with Crippen LogP contribution < -0.4 is 10.2 Å². The van der Waals surface area contributed by atoms with Gasteiger partial charge in [-0.3, -0.25) is 10.3 Å². The molecule has 0 saturated heterocycles. The second-order valence-electron chi connectivity index (χ2n) is 7.11. The van der Waals surface area contributed by atoms with Crippen molar-refractivity contribution in [3.63, 3.8) is 0 Å². The molecule has 0 aliphatic carbocycles. The molecule has 27 heavy (non-hydrogen) atoms. The van der Waals surface area contributed by atoms with Crippen LogP contribution in [-0.4, -0.2) is 33.0 Å². The minimum Gasteiger partial charge on any atom is -0.484 e. The average molecular weight is 368 g/mol. The largest absolute Gasteiger partial charge is 0.484 e. The zero-order chi connectivity index (χ0) is 19.4. The number of hydrogen-bond donors (Lipinski definition) is 1. The summed E-state index contributed by atoms with van der Waals surface area (Å²) in [6.45, 7) is 8.52. The molecule has 1 N–H and O–H groups in total. The summed E-state index contributed by atoms with van der Waals surface area (Å²) in [5.41, 5.74) is 4.70. The summed E-state index contributed by atoms with van der Waals surface area (Å²) in [6.07, 6.45) is 2.81. The highest BCUT2D eigenvalue weighted by Gasteiger charge is 2.16. The van der Waals surface area contributed by atoms with Gasteiger partial charge in [-0.05, 0) is 36.1 Å². The Bertz CT molecular complexity index is 928. The number of aromatic nitrogens is 4.